The van der Waals surface area contributed by atoms with Crippen LogP contribution in [0.25, 0.3) is 0 Å². The number of amides is 1. The number of carbonyl (C=O) groups excluding carboxylic acids is 1. The standard InChI is InChI=1S/C14H22N2O2/c1-14(2,3)12(15)13(17)16-9-10-18-11-7-5-4-6-8-11/h4-8,12H,9-10,15H2,1-3H3,(H,16,17). The lowest BCUT2D eigenvalue weighted by Gasteiger charge is -2.25. The van der Waals surface area contributed by atoms with Gasteiger partial charge in [-0.25, -0.2) is 0 Å². The number of ether oxygens (including phenoxy) is 1. The van der Waals surface area contributed by atoms with Crippen molar-refractivity contribution in [1.29, 1.82) is 0 Å². The minimum atomic E-state index is -0.505. The van der Waals surface area contributed by atoms with Gasteiger partial charge in [-0.05, 0) is 17.5 Å². The van der Waals surface area contributed by atoms with Gasteiger partial charge >= 0.3 is 0 Å². The second kappa shape index (κ2) is 6.40. The highest BCUT2D eigenvalue weighted by Crippen LogP contribution is 2.17. The summed E-state index contributed by atoms with van der Waals surface area (Å²) < 4.78 is 5.47. The lowest BCUT2D eigenvalue weighted by Crippen LogP contribution is -2.49. The quantitative estimate of drug-likeness (QED) is 0.779. The Labute approximate surface area is 109 Å². The van der Waals surface area contributed by atoms with Crippen molar-refractivity contribution in [3.8, 4) is 5.75 Å². The Morgan fingerprint density at radius 2 is 1.94 bits per heavy atom. The Hall–Kier alpha value is -1.55. The van der Waals surface area contributed by atoms with Gasteiger partial charge < -0.3 is 15.8 Å². The molecule has 0 bridgehead atoms. The maximum Gasteiger partial charge on any atom is 0.237 e. The van der Waals surface area contributed by atoms with Crippen molar-refractivity contribution in [3.63, 3.8) is 0 Å². The molecule has 4 nitrogen and oxygen atoms in total. The second-order valence-corrected chi connectivity index (χ2v) is 5.30. The third-order valence-electron chi connectivity index (χ3n) is 2.63. The molecule has 0 saturated carbocycles. The summed E-state index contributed by atoms with van der Waals surface area (Å²) in [7, 11) is 0. The number of nitrogens with one attached hydrogen (secondary N) is 1. The van der Waals surface area contributed by atoms with Gasteiger partial charge in [0.25, 0.3) is 0 Å². The van der Waals surface area contributed by atoms with Crippen LogP contribution >= 0.6 is 0 Å². The number of nitrogens with two attached hydrogens (primary N) is 1. The summed E-state index contributed by atoms with van der Waals surface area (Å²) in [5.41, 5.74) is 5.60. The van der Waals surface area contributed by atoms with Gasteiger partial charge in [0, 0.05) is 0 Å². The molecular weight excluding hydrogens is 228 g/mol. The van der Waals surface area contributed by atoms with Crippen molar-refractivity contribution in [1.82, 2.24) is 5.32 Å². The van der Waals surface area contributed by atoms with Crippen molar-refractivity contribution >= 4 is 5.91 Å². The van der Waals surface area contributed by atoms with E-state index in [0.29, 0.717) is 13.2 Å². The smallest absolute Gasteiger partial charge is 0.237 e. The van der Waals surface area contributed by atoms with Crippen LogP contribution in [0.15, 0.2) is 30.3 Å². The molecule has 0 spiro atoms. The van der Waals surface area contributed by atoms with Crippen LogP contribution in [0.1, 0.15) is 20.8 Å². The maximum atomic E-state index is 11.7. The number of benzene rings is 1. The predicted octanol–water partition coefficient (Wildman–Crippen LogP) is 1.55. The molecule has 4 heteroatoms. The number of rotatable bonds is 5. The molecule has 1 rings (SSSR count). The van der Waals surface area contributed by atoms with Crippen LogP contribution in [0.2, 0.25) is 0 Å². The van der Waals surface area contributed by atoms with Crippen LogP contribution in [0.3, 0.4) is 0 Å². The van der Waals surface area contributed by atoms with Gasteiger partial charge in [0.15, 0.2) is 0 Å². The molecule has 100 valence electrons. The van der Waals surface area contributed by atoms with E-state index in [2.05, 4.69) is 5.32 Å². The van der Waals surface area contributed by atoms with Crippen LogP contribution in [0.4, 0.5) is 0 Å². The number of para-hydroxylation sites is 1. The average molecular weight is 250 g/mol. The van der Waals surface area contributed by atoms with Crippen molar-refractivity contribution in [3.05, 3.63) is 30.3 Å². The molecule has 0 saturated heterocycles. The topological polar surface area (TPSA) is 64.4 Å². The third kappa shape index (κ3) is 4.75. The lowest BCUT2D eigenvalue weighted by atomic mass is 9.87. The van der Waals surface area contributed by atoms with Gasteiger partial charge in [-0.1, -0.05) is 39.0 Å². The zero-order valence-corrected chi connectivity index (χ0v) is 11.3. The summed E-state index contributed by atoms with van der Waals surface area (Å²) in [5, 5.41) is 2.77. The Morgan fingerprint density at radius 1 is 1.33 bits per heavy atom. The van der Waals surface area contributed by atoms with E-state index < -0.39 is 6.04 Å². The molecular formula is C14H22N2O2. The molecule has 1 atom stereocenters. The lowest BCUT2D eigenvalue weighted by molar-refractivity contribution is -0.124. The van der Waals surface area contributed by atoms with E-state index in [1.807, 2.05) is 51.1 Å². The van der Waals surface area contributed by atoms with Crippen LogP contribution in [0.5, 0.6) is 5.75 Å². The van der Waals surface area contributed by atoms with Gasteiger partial charge in [0.1, 0.15) is 12.4 Å². The first kappa shape index (κ1) is 14.5. The molecule has 18 heavy (non-hydrogen) atoms. The molecule has 1 unspecified atom stereocenters. The van der Waals surface area contributed by atoms with Gasteiger partial charge in [0.2, 0.25) is 5.91 Å². The fraction of sp³-hybridized carbons (Fsp3) is 0.500. The number of carbonyl (C=O) groups is 1. The fourth-order valence-corrected chi connectivity index (χ4v) is 1.36. The van der Waals surface area contributed by atoms with E-state index in [0.717, 1.165) is 5.75 Å². The largest absolute Gasteiger partial charge is 0.492 e. The van der Waals surface area contributed by atoms with Gasteiger partial charge in [-0.3, -0.25) is 4.79 Å². The summed E-state index contributed by atoms with van der Waals surface area (Å²) in [6.07, 6.45) is 0. The Bertz CT molecular complexity index is 371. The highest BCUT2D eigenvalue weighted by molar-refractivity contribution is 5.82. The van der Waals surface area contributed by atoms with Gasteiger partial charge in [0.05, 0.1) is 12.6 Å². The minimum Gasteiger partial charge on any atom is -0.492 e. The molecule has 0 heterocycles. The Balaban J connectivity index is 2.24. The molecule has 3 N–H and O–H groups in total. The summed E-state index contributed by atoms with van der Waals surface area (Å²) in [4.78, 5) is 11.7. The van der Waals surface area contributed by atoms with Gasteiger partial charge in [-0.15, -0.1) is 0 Å². The first-order valence-corrected chi connectivity index (χ1v) is 6.12. The maximum absolute atomic E-state index is 11.7. The zero-order valence-electron chi connectivity index (χ0n) is 11.3. The summed E-state index contributed by atoms with van der Waals surface area (Å²) in [6, 6.07) is 8.99. The number of hydrogen-bond donors (Lipinski definition) is 2. The minimum absolute atomic E-state index is 0.140. The van der Waals surface area contributed by atoms with Crippen LogP contribution in [-0.4, -0.2) is 25.1 Å². The Kier molecular flexibility index (Phi) is 5.16. The molecule has 1 aromatic rings. The fourth-order valence-electron chi connectivity index (χ4n) is 1.36. The normalized spacial score (nSPS) is 12.9. The highest BCUT2D eigenvalue weighted by Gasteiger charge is 2.26. The molecule has 0 aliphatic heterocycles. The second-order valence-electron chi connectivity index (χ2n) is 5.30. The van der Waals surface area contributed by atoms with Crippen molar-refractivity contribution in [2.24, 2.45) is 11.1 Å². The molecule has 1 aromatic carbocycles. The van der Waals surface area contributed by atoms with E-state index >= 15 is 0 Å². The van der Waals surface area contributed by atoms with Crippen molar-refractivity contribution in [2.45, 2.75) is 26.8 Å². The van der Waals surface area contributed by atoms with E-state index in [1.54, 1.807) is 0 Å². The molecule has 0 radical (unpaired) electrons. The van der Waals surface area contributed by atoms with Crippen molar-refractivity contribution in [2.75, 3.05) is 13.2 Å². The van der Waals surface area contributed by atoms with Crippen LogP contribution in [0, 0.1) is 5.41 Å². The summed E-state index contributed by atoms with van der Waals surface area (Å²) in [5.74, 6) is 0.658. The van der Waals surface area contributed by atoms with Gasteiger partial charge in [-0.2, -0.15) is 0 Å². The average Bonchev–Trinajstić information content (AvgIpc) is 2.33. The SMILES string of the molecule is CC(C)(C)C(N)C(=O)NCCOc1ccccc1. The summed E-state index contributed by atoms with van der Waals surface area (Å²) in [6.45, 7) is 6.72. The van der Waals surface area contributed by atoms with E-state index in [1.165, 1.54) is 0 Å². The molecule has 0 aliphatic carbocycles. The third-order valence-corrected chi connectivity index (χ3v) is 2.63. The molecule has 0 aromatic heterocycles. The van der Waals surface area contributed by atoms with E-state index in [4.69, 9.17) is 10.5 Å². The van der Waals surface area contributed by atoms with Crippen LogP contribution in [-0.2, 0) is 4.79 Å². The first-order chi connectivity index (χ1) is 8.41. The van der Waals surface area contributed by atoms with E-state index in [-0.39, 0.29) is 11.3 Å². The molecule has 0 aliphatic rings. The van der Waals surface area contributed by atoms with Crippen molar-refractivity contribution < 1.29 is 9.53 Å². The van der Waals surface area contributed by atoms with Crippen LogP contribution < -0.4 is 15.8 Å². The zero-order chi connectivity index (χ0) is 13.6. The first-order valence-electron chi connectivity index (χ1n) is 6.12. The number of hydrogen-bond acceptors (Lipinski definition) is 3. The highest BCUT2D eigenvalue weighted by atomic mass is 16.5. The summed E-state index contributed by atoms with van der Waals surface area (Å²) >= 11 is 0. The Morgan fingerprint density at radius 3 is 2.50 bits per heavy atom. The predicted molar refractivity (Wildman–Crippen MR) is 72.4 cm³/mol. The van der Waals surface area contributed by atoms with E-state index in [9.17, 15) is 4.79 Å². The monoisotopic (exact) mass is 250 g/mol. The molecule has 1 amide bonds. The molecule has 0 fully saturated rings.